The molecular weight excluding hydrogens is 432 g/mol. The molecule has 0 atom stereocenters. The van der Waals surface area contributed by atoms with Crippen molar-refractivity contribution in [3.05, 3.63) is 39.9 Å². The normalized spacial score (nSPS) is 10.8. The molecule has 2 heterocycles. The van der Waals surface area contributed by atoms with Crippen LogP contribution in [-0.4, -0.2) is 56.3 Å². The molecule has 0 bridgehead atoms. The van der Waals surface area contributed by atoms with Crippen molar-refractivity contribution >= 4 is 51.6 Å². The minimum absolute atomic E-state index is 0.136. The van der Waals surface area contributed by atoms with E-state index in [0.29, 0.717) is 31.7 Å². The quantitative estimate of drug-likeness (QED) is 0.579. The van der Waals surface area contributed by atoms with Crippen molar-refractivity contribution in [2.75, 3.05) is 25.2 Å². The standard InChI is InChI=1S/C18H19ClN6O2S2/c1-10-14(16(27)24(2)3)29-17(20-10)21-13(26)9-28-18-23-22-15(25(18)4)11-6-5-7-12(19)8-11/h5-8H,9H2,1-4H3,(H,20,21,26). The molecule has 1 N–H and O–H groups in total. The fourth-order valence-corrected chi connectivity index (χ4v) is 4.36. The van der Waals surface area contributed by atoms with Gasteiger partial charge in [-0.05, 0) is 19.1 Å². The number of thioether (sulfide) groups is 1. The van der Waals surface area contributed by atoms with Gasteiger partial charge in [-0.2, -0.15) is 0 Å². The third kappa shape index (κ3) is 4.95. The Morgan fingerprint density at radius 1 is 1.31 bits per heavy atom. The van der Waals surface area contributed by atoms with E-state index in [9.17, 15) is 9.59 Å². The highest BCUT2D eigenvalue weighted by molar-refractivity contribution is 7.99. The Balaban J connectivity index is 1.63. The summed E-state index contributed by atoms with van der Waals surface area (Å²) in [5.41, 5.74) is 1.44. The summed E-state index contributed by atoms with van der Waals surface area (Å²) in [5, 5.41) is 12.7. The van der Waals surface area contributed by atoms with Crippen molar-refractivity contribution < 1.29 is 9.59 Å². The second kappa shape index (κ2) is 8.93. The van der Waals surface area contributed by atoms with Gasteiger partial charge in [-0.15, -0.1) is 10.2 Å². The zero-order chi connectivity index (χ0) is 21.1. The van der Waals surface area contributed by atoms with Gasteiger partial charge < -0.3 is 14.8 Å². The molecule has 1 aromatic carbocycles. The molecule has 0 saturated carbocycles. The largest absolute Gasteiger partial charge is 0.344 e. The lowest BCUT2D eigenvalue weighted by molar-refractivity contribution is -0.113. The molecular formula is C18H19ClN6O2S2. The second-order valence-corrected chi connectivity index (χ2v) is 8.72. The summed E-state index contributed by atoms with van der Waals surface area (Å²) in [6.45, 7) is 1.74. The molecule has 0 aliphatic rings. The first kappa shape index (κ1) is 21.3. The third-order valence-electron chi connectivity index (χ3n) is 3.89. The molecule has 11 heteroatoms. The van der Waals surface area contributed by atoms with Crippen LogP contribution in [-0.2, 0) is 11.8 Å². The molecule has 0 radical (unpaired) electrons. The van der Waals surface area contributed by atoms with Crippen molar-refractivity contribution in [1.82, 2.24) is 24.6 Å². The Bertz CT molecular complexity index is 1060. The van der Waals surface area contributed by atoms with Crippen molar-refractivity contribution in [1.29, 1.82) is 0 Å². The van der Waals surface area contributed by atoms with Gasteiger partial charge in [-0.25, -0.2) is 4.98 Å². The average molecular weight is 451 g/mol. The summed E-state index contributed by atoms with van der Waals surface area (Å²) in [6.07, 6.45) is 0. The van der Waals surface area contributed by atoms with E-state index in [4.69, 9.17) is 11.6 Å². The number of carbonyl (C=O) groups excluding carboxylic acids is 2. The minimum atomic E-state index is -0.236. The number of aryl methyl sites for hydroxylation is 1. The number of amides is 2. The number of benzene rings is 1. The lowest BCUT2D eigenvalue weighted by Gasteiger charge is -2.07. The van der Waals surface area contributed by atoms with Crippen LogP contribution in [0.25, 0.3) is 11.4 Å². The average Bonchev–Trinajstić information content (AvgIpc) is 3.21. The lowest BCUT2D eigenvalue weighted by Crippen LogP contribution is -2.21. The van der Waals surface area contributed by atoms with E-state index >= 15 is 0 Å². The molecule has 2 aromatic heterocycles. The van der Waals surface area contributed by atoms with Gasteiger partial charge in [0, 0.05) is 31.7 Å². The van der Waals surface area contributed by atoms with Crippen molar-refractivity contribution in [2.24, 2.45) is 7.05 Å². The van der Waals surface area contributed by atoms with Crippen LogP contribution in [0.3, 0.4) is 0 Å². The molecule has 3 aromatic rings. The molecule has 2 amide bonds. The molecule has 8 nitrogen and oxygen atoms in total. The maximum Gasteiger partial charge on any atom is 0.265 e. The van der Waals surface area contributed by atoms with Crippen LogP contribution in [0, 0.1) is 6.92 Å². The molecule has 0 saturated heterocycles. The van der Waals surface area contributed by atoms with Crippen LogP contribution in [0.15, 0.2) is 29.4 Å². The van der Waals surface area contributed by atoms with Crippen molar-refractivity contribution in [3.63, 3.8) is 0 Å². The summed E-state index contributed by atoms with van der Waals surface area (Å²) in [7, 11) is 5.18. The van der Waals surface area contributed by atoms with Gasteiger partial charge in [0.05, 0.1) is 11.4 Å². The fraction of sp³-hybridized carbons (Fsp3) is 0.278. The number of aromatic nitrogens is 4. The monoisotopic (exact) mass is 450 g/mol. The predicted molar refractivity (Wildman–Crippen MR) is 116 cm³/mol. The highest BCUT2D eigenvalue weighted by atomic mass is 35.5. The molecule has 0 spiro atoms. The minimum Gasteiger partial charge on any atom is -0.344 e. The van der Waals surface area contributed by atoms with Gasteiger partial charge >= 0.3 is 0 Å². The number of hydrogen-bond acceptors (Lipinski definition) is 7. The van der Waals surface area contributed by atoms with Crippen LogP contribution in [0.1, 0.15) is 15.4 Å². The summed E-state index contributed by atoms with van der Waals surface area (Å²) in [4.78, 5) is 30.7. The lowest BCUT2D eigenvalue weighted by atomic mass is 10.2. The second-order valence-electron chi connectivity index (χ2n) is 6.35. The summed E-state index contributed by atoms with van der Waals surface area (Å²) in [5.74, 6) is 0.428. The Kier molecular flexibility index (Phi) is 6.56. The van der Waals surface area contributed by atoms with Crippen molar-refractivity contribution in [2.45, 2.75) is 12.1 Å². The van der Waals surface area contributed by atoms with Gasteiger partial charge in [-0.1, -0.05) is 46.8 Å². The Hall–Kier alpha value is -2.43. The number of anilines is 1. The topological polar surface area (TPSA) is 93.0 Å². The molecule has 0 aliphatic carbocycles. The van der Waals surface area contributed by atoms with Crippen LogP contribution >= 0.6 is 34.7 Å². The van der Waals surface area contributed by atoms with E-state index in [0.717, 1.165) is 16.9 Å². The maximum absolute atomic E-state index is 12.3. The first-order valence-electron chi connectivity index (χ1n) is 8.53. The maximum atomic E-state index is 12.3. The van der Waals surface area contributed by atoms with Gasteiger partial charge in [0.1, 0.15) is 4.88 Å². The van der Waals surface area contributed by atoms with Crippen LogP contribution in [0.5, 0.6) is 0 Å². The molecule has 152 valence electrons. The summed E-state index contributed by atoms with van der Waals surface area (Å²) < 4.78 is 1.81. The highest BCUT2D eigenvalue weighted by Gasteiger charge is 2.19. The predicted octanol–water partition coefficient (Wildman–Crippen LogP) is 3.33. The van der Waals surface area contributed by atoms with E-state index in [-0.39, 0.29) is 17.6 Å². The Morgan fingerprint density at radius 3 is 2.76 bits per heavy atom. The van der Waals surface area contributed by atoms with Gasteiger partial charge in [-0.3, -0.25) is 9.59 Å². The zero-order valence-corrected chi connectivity index (χ0v) is 18.7. The fourth-order valence-electron chi connectivity index (χ4n) is 2.46. The number of hydrogen-bond donors (Lipinski definition) is 1. The van der Waals surface area contributed by atoms with E-state index < -0.39 is 0 Å². The number of nitrogens with one attached hydrogen (secondary N) is 1. The molecule has 0 unspecified atom stereocenters. The van der Waals surface area contributed by atoms with E-state index in [1.54, 1.807) is 27.1 Å². The van der Waals surface area contributed by atoms with Gasteiger partial charge in [0.25, 0.3) is 5.91 Å². The molecule has 3 rings (SSSR count). The van der Waals surface area contributed by atoms with E-state index in [2.05, 4.69) is 20.5 Å². The zero-order valence-electron chi connectivity index (χ0n) is 16.3. The van der Waals surface area contributed by atoms with Crippen LogP contribution in [0.4, 0.5) is 5.13 Å². The first-order valence-corrected chi connectivity index (χ1v) is 10.7. The Labute approximate surface area is 181 Å². The van der Waals surface area contributed by atoms with Gasteiger partial charge in [0.2, 0.25) is 5.91 Å². The van der Waals surface area contributed by atoms with Crippen LogP contribution in [0.2, 0.25) is 5.02 Å². The van der Waals surface area contributed by atoms with E-state index in [1.165, 1.54) is 16.7 Å². The molecule has 0 fully saturated rings. The number of rotatable bonds is 6. The smallest absolute Gasteiger partial charge is 0.265 e. The highest BCUT2D eigenvalue weighted by Crippen LogP contribution is 2.26. The number of thiazole rings is 1. The SMILES string of the molecule is Cc1nc(NC(=O)CSc2nnc(-c3cccc(Cl)c3)n2C)sc1C(=O)N(C)C. The summed E-state index contributed by atoms with van der Waals surface area (Å²) in [6, 6.07) is 7.34. The first-order chi connectivity index (χ1) is 13.8. The van der Waals surface area contributed by atoms with Crippen molar-refractivity contribution in [3.8, 4) is 11.4 Å². The molecule has 0 aliphatic heterocycles. The van der Waals surface area contributed by atoms with Crippen LogP contribution < -0.4 is 5.32 Å². The van der Waals surface area contributed by atoms with Gasteiger partial charge in [0.15, 0.2) is 16.1 Å². The Morgan fingerprint density at radius 2 is 2.07 bits per heavy atom. The number of halogens is 1. The van der Waals surface area contributed by atoms with E-state index in [1.807, 2.05) is 29.8 Å². The summed E-state index contributed by atoms with van der Waals surface area (Å²) >= 11 is 8.46. The third-order valence-corrected chi connectivity index (χ3v) is 6.21. The number of nitrogens with zero attached hydrogens (tertiary/aromatic N) is 5. The molecule has 29 heavy (non-hydrogen) atoms. The number of carbonyl (C=O) groups is 2.